The Balaban J connectivity index is 2.16. The molecular weight excluding hydrogens is 308 g/mol. The van der Waals surface area contributed by atoms with Crippen molar-refractivity contribution in [2.45, 2.75) is 24.7 Å². The molecule has 2 aromatic rings. The van der Waals surface area contributed by atoms with Gasteiger partial charge in [0.15, 0.2) is 0 Å². The van der Waals surface area contributed by atoms with Gasteiger partial charge in [-0.05, 0) is 55.2 Å². The second-order valence-corrected chi connectivity index (χ2v) is 7.17. The molecule has 1 aliphatic rings. The van der Waals surface area contributed by atoms with Crippen LogP contribution in [0, 0.1) is 18.6 Å². The summed E-state index contributed by atoms with van der Waals surface area (Å²) in [5.74, 6) is -1.05. The molecule has 2 aromatic carbocycles. The first-order valence-electron chi connectivity index (χ1n) is 6.97. The van der Waals surface area contributed by atoms with Crippen molar-refractivity contribution in [1.29, 1.82) is 0 Å². The maximum atomic E-state index is 14.2. The molecule has 0 aliphatic carbocycles. The maximum absolute atomic E-state index is 14.2. The summed E-state index contributed by atoms with van der Waals surface area (Å²) < 4.78 is 54.2. The average Bonchev–Trinajstić information content (AvgIpc) is 2.46. The van der Waals surface area contributed by atoms with E-state index in [1.165, 1.54) is 25.1 Å². The van der Waals surface area contributed by atoms with Gasteiger partial charge in [-0.3, -0.25) is 4.31 Å². The molecule has 0 unspecified atom stereocenters. The highest BCUT2D eigenvalue weighted by Gasteiger charge is 2.32. The van der Waals surface area contributed by atoms with Gasteiger partial charge in [0.2, 0.25) is 0 Å². The van der Waals surface area contributed by atoms with Gasteiger partial charge in [0.05, 0.1) is 10.6 Å². The van der Waals surface area contributed by atoms with Gasteiger partial charge in [0, 0.05) is 6.54 Å². The Hall–Kier alpha value is -1.95. The molecule has 0 aromatic heterocycles. The highest BCUT2D eigenvalue weighted by atomic mass is 32.2. The smallest absolute Gasteiger partial charge is 0.263 e. The van der Waals surface area contributed by atoms with Crippen molar-refractivity contribution >= 4 is 15.7 Å². The number of benzene rings is 2. The number of anilines is 1. The first kappa shape index (κ1) is 15.0. The lowest BCUT2D eigenvalue weighted by Gasteiger charge is -2.31. The van der Waals surface area contributed by atoms with E-state index in [1.807, 2.05) is 0 Å². The van der Waals surface area contributed by atoms with Crippen LogP contribution < -0.4 is 4.31 Å². The van der Waals surface area contributed by atoms with Crippen molar-refractivity contribution in [3.8, 4) is 0 Å². The minimum atomic E-state index is -3.92. The zero-order valence-corrected chi connectivity index (χ0v) is 12.8. The van der Waals surface area contributed by atoms with Crippen molar-refractivity contribution in [3.63, 3.8) is 0 Å². The van der Waals surface area contributed by atoms with Crippen LogP contribution in [0.1, 0.15) is 17.5 Å². The zero-order valence-electron chi connectivity index (χ0n) is 12.0. The van der Waals surface area contributed by atoms with E-state index in [2.05, 4.69) is 0 Å². The molecule has 6 heteroatoms. The monoisotopic (exact) mass is 323 g/mol. The lowest BCUT2D eigenvalue weighted by Crippen LogP contribution is -2.36. The Labute approximate surface area is 128 Å². The normalized spacial score (nSPS) is 14.8. The van der Waals surface area contributed by atoms with Gasteiger partial charge in [-0.25, -0.2) is 17.2 Å². The molecule has 3 nitrogen and oxygen atoms in total. The molecular formula is C16H15F2NO2S. The molecule has 0 fully saturated rings. The molecule has 116 valence electrons. The van der Waals surface area contributed by atoms with E-state index in [1.54, 1.807) is 12.1 Å². The predicted octanol–water partition coefficient (Wildman–Crippen LogP) is 3.41. The van der Waals surface area contributed by atoms with Gasteiger partial charge in [0.25, 0.3) is 10.0 Å². The predicted molar refractivity (Wildman–Crippen MR) is 80.4 cm³/mol. The molecule has 0 amide bonds. The van der Waals surface area contributed by atoms with E-state index in [0.29, 0.717) is 24.0 Å². The number of para-hydroxylation sites is 1. The number of aryl methyl sites for hydroxylation is 2. The molecule has 0 spiro atoms. The summed E-state index contributed by atoms with van der Waals surface area (Å²) in [7, 11) is -3.92. The van der Waals surface area contributed by atoms with Crippen molar-refractivity contribution in [2.75, 3.05) is 10.8 Å². The van der Waals surface area contributed by atoms with Crippen molar-refractivity contribution in [3.05, 3.63) is 59.2 Å². The first-order chi connectivity index (χ1) is 10.4. The Morgan fingerprint density at radius 3 is 2.64 bits per heavy atom. The molecule has 0 bridgehead atoms. The number of sulfonamides is 1. The second kappa shape index (κ2) is 5.35. The topological polar surface area (TPSA) is 37.4 Å². The third kappa shape index (κ3) is 2.37. The van der Waals surface area contributed by atoms with E-state index in [-0.39, 0.29) is 17.1 Å². The van der Waals surface area contributed by atoms with Crippen molar-refractivity contribution in [1.82, 2.24) is 0 Å². The van der Waals surface area contributed by atoms with Crippen LogP contribution in [0.3, 0.4) is 0 Å². The second-order valence-electron chi connectivity index (χ2n) is 5.34. The van der Waals surface area contributed by atoms with Crippen LogP contribution in [0.4, 0.5) is 14.5 Å². The molecule has 1 heterocycles. The molecule has 22 heavy (non-hydrogen) atoms. The number of fused-ring (bicyclic) bond motifs is 1. The van der Waals surface area contributed by atoms with Gasteiger partial charge in [0.1, 0.15) is 11.6 Å². The van der Waals surface area contributed by atoms with Gasteiger partial charge in [-0.1, -0.05) is 12.1 Å². The van der Waals surface area contributed by atoms with Crippen LogP contribution in [-0.4, -0.2) is 15.0 Å². The summed E-state index contributed by atoms with van der Waals surface area (Å²) in [5.41, 5.74) is 1.09. The number of hydrogen-bond acceptors (Lipinski definition) is 2. The van der Waals surface area contributed by atoms with Gasteiger partial charge in [-0.15, -0.1) is 0 Å². The largest absolute Gasteiger partial charge is 0.264 e. The van der Waals surface area contributed by atoms with E-state index in [0.717, 1.165) is 10.4 Å². The third-order valence-electron chi connectivity index (χ3n) is 3.83. The highest BCUT2D eigenvalue weighted by molar-refractivity contribution is 7.92. The standard InChI is InChI=1S/C16H15F2NO2S/c1-11-10-13(17)7-8-15(11)22(20,21)19-9-3-5-12-4-2-6-14(18)16(12)19/h2,4,6-8,10H,3,5,9H2,1H3. The maximum Gasteiger partial charge on any atom is 0.264 e. The summed E-state index contributed by atoms with van der Waals surface area (Å²) in [6.07, 6.45) is 1.26. The first-order valence-corrected chi connectivity index (χ1v) is 8.41. The molecule has 0 atom stereocenters. The fourth-order valence-corrected chi connectivity index (χ4v) is 4.58. The minimum Gasteiger partial charge on any atom is -0.263 e. The van der Waals surface area contributed by atoms with Crippen LogP contribution in [0.5, 0.6) is 0 Å². The van der Waals surface area contributed by atoms with E-state index in [9.17, 15) is 17.2 Å². The van der Waals surface area contributed by atoms with E-state index >= 15 is 0 Å². The van der Waals surface area contributed by atoms with Crippen molar-refractivity contribution in [2.24, 2.45) is 0 Å². The average molecular weight is 323 g/mol. The number of hydrogen-bond donors (Lipinski definition) is 0. The molecule has 0 N–H and O–H groups in total. The van der Waals surface area contributed by atoms with Crippen LogP contribution in [0.2, 0.25) is 0 Å². The van der Waals surface area contributed by atoms with Crippen LogP contribution in [0.15, 0.2) is 41.3 Å². The summed E-state index contributed by atoms with van der Waals surface area (Å²) in [6.45, 7) is 1.75. The molecule has 0 saturated carbocycles. The Kier molecular flexibility index (Phi) is 3.64. The van der Waals surface area contributed by atoms with Gasteiger partial charge in [-0.2, -0.15) is 0 Å². The van der Waals surface area contributed by atoms with Crippen molar-refractivity contribution < 1.29 is 17.2 Å². The van der Waals surface area contributed by atoms with Gasteiger partial charge >= 0.3 is 0 Å². The van der Waals surface area contributed by atoms with Crippen LogP contribution >= 0.6 is 0 Å². The number of rotatable bonds is 2. The molecule has 3 rings (SSSR count). The van der Waals surface area contributed by atoms with Crippen LogP contribution in [0.25, 0.3) is 0 Å². The summed E-state index contributed by atoms with van der Waals surface area (Å²) in [5, 5.41) is 0. The Morgan fingerprint density at radius 2 is 1.91 bits per heavy atom. The minimum absolute atomic E-state index is 0.00463. The van der Waals surface area contributed by atoms with E-state index in [4.69, 9.17) is 0 Å². The summed E-state index contributed by atoms with van der Waals surface area (Å²) in [4.78, 5) is 0.00463. The number of nitrogens with zero attached hydrogens (tertiary/aromatic N) is 1. The number of halogens is 2. The molecule has 0 radical (unpaired) electrons. The van der Waals surface area contributed by atoms with E-state index < -0.39 is 21.7 Å². The lowest BCUT2D eigenvalue weighted by molar-refractivity contribution is 0.575. The quantitative estimate of drug-likeness (QED) is 0.849. The summed E-state index contributed by atoms with van der Waals surface area (Å²) in [6, 6.07) is 8.07. The lowest BCUT2D eigenvalue weighted by atomic mass is 10.0. The highest BCUT2D eigenvalue weighted by Crippen LogP contribution is 2.34. The fraction of sp³-hybridized carbons (Fsp3) is 0.250. The van der Waals surface area contributed by atoms with Crippen LogP contribution in [-0.2, 0) is 16.4 Å². The Bertz CT molecular complexity index is 834. The summed E-state index contributed by atoms with van der Waals surface area (Å²) >= 11 is 0. The Morgan fingerprint density at radius 1 is 1.14 bits per heavy atom. The molecule has 1 aliphatic heterocycles. The van der Waals surface area contributed by atoms with Gasteiger partial charge < -0.3 is 0 Å². The fourth-order valence-electron chi connectivity index (χ4n) is 2.83. The zero-order chi connectivity index (χ0) is 15.9. The third-order valence-corrected chi connectivity index (χ3v) is 5.79. The SMILES string of the molecule is Cc1cc(F)ccc1S(=O)(=O)N1CCCc2cccc(F)c21. The molecule has 0 saturated heterocycles.